The van der Waals surface area contributed by atoms with Crippen molar-refractivity contribution in [2.45, 2.75) is 75.9 Å². The molecular weight excluding hydrogens is 442 g/mol. The van der Waals surface area contributed by atoms with Crippen LogP contribution in [-0.2, 0) is 10.1 Å². The summed E-state index contributed by atoms with van der Waals surface area (Å²) in [5.74, 6) is 1.14. The van der Waals surface area contributed by atoms with Gasteiger partial charge in [0.25, 0.3) is 0 Å². The molecule has 2 fully saturated rings. The SMILES string of the molecule is C=C1/C(=C\C=C2/CCC[C@]3(C)C([C@H](C)CC[S+](=N)([O-])c4ccccc4)=CCC23)C[C@@H](O)C[C@@H]1O. The van der Waals surface area contributed by atoms with E-state index < -0.39 is 22.3 Å². The second-order valence-electron chi connectivity index (χ2n) is 10.7. The molecule has 2 unspecified atom stereocenters. The van der Waals surface area contributed by atoms with Crippen LogP contribution in [0.4, 0.5) is 0 Å². The van der Waals surface area contributed by atoms with Gasteiger partial charge in [0.1, 0.15) is 4.90 Å². The van der Waals surface area contributed by atoms with Gasteiger partial charge in [-0.3, -0.25) is 0 Å². The summed E-state index contributed by atoms with van der Waals surface area (Å²) < 4.78 is 21.5. The average molecular weight is 482 g/mol. The van der Waals surface area contributed by atoms with E-state index >= 15 is 0 Å². The Morgan fingerprint density at radius 1 is 1.26 bits per heavy atom. The largest absolute Gasteiger partial charge is 0.627 e. The van der Waals surface area contributed by atoms with Crippen LogP contribution in [0.15, 0.2) is 82.3 Å². The third kappa shape index (κ3) is 5.08. The summed E-state index contributed by atoms with van der Waals surface area (Å²) in [5, 5.41) is 20.2. The first-order valence-corrected chi connectivity index (χ1v) is 14.3. The van der Waals surface area contributed by atoms with Crippen LogP contribution in [0.2, 0.25) is 0 Å². The molecule has 1 aromatic rings. The van der Waals surface area contributed by atoms with E-state index in [1.807, 2.05) is 18.2 Å². The average Bonchev–Trinajstić information content (AvgIpc) is 3.17. The van der Waals surface area contributed by atoms with Gasteiger partial charge in [0.15, 0.2) is 0 Å². The van der Waals surface area contributed by atoms with Crippen LogP contribution >= 0.6 is 0 Å². The number of allylic oxidation sites excluding steroid dienone is 5. The zero-order valence-corrected chi connectivity index (χ0v) is 21.3. The molecule has 0 amide bonds. The quantitative estimate of drug-likeness (QED) is 0.335. The molecule has 0 heterocycles. The smallest absolute Gasteiger partial charge is 0.136 e. The van der Waals surface area contributed by atoms with Gasteiger partial charge in [0, 0.05) is 6.42 Å². The molecule has 3 N–H and O–H groups in total. The summed E-state index contributed by atoms with van der Waals surface area (Å²) in [7, 11) is -2.78. The number of aliphatic hydroxyl groups excluding tert-OH is 2. The molecular formula is C29H39NO3S. The molecule has 3 aliphatic rings. The van der Waals surface area contributed by atoms with Crippen LogP contribution < -0.4 is 0 Å². The zero-order valence-electron chi connectivity index (χ0n) is 20.5. The molecule has 0 radical (unpaired) electrons. The van der Waals surface area contributed by atoms with Gasteiger partial charge >= 0.3 is 0 Å². The van der Waals surface area contributed by atoms with Gasteiger partial charge in [-0.15, -0.1) is 0 Å². The summed E-state index contributed by atoms with van der Waals surface area (Å²) >= 11 is 0. The molecule has 3 aliphatic carbocycles. The van der Waals surface area contributed by atoms with Crippen molar-refractivity contribution in [1.82, 2.24) is 0 Å². The first-order valence-electron chi connectivity index (χ1n) is 12.6. The van der Waals surface area contributed by atoms with Gasteiger partial charge in [0.2, 0.25) is 0 Å². The maximum atomic E-state index is 13.0. The predicted octanol–water partition coefficient (Wildman–Crippen LogP) is 6.18. The molecule has 0 saturated heterocycles. The van der Waals surface area contributed by atoms with E-state index in [-0.39, 0.29) is 5.41 Å². The van der Waals surface area contributed by atoms with E-state index in [0.29, 0.717) is 35.3 Å². The monoisotopic (exact) mass is 481 g/mol. The van der Waals surface area contributed by atoms with Crippen molar-refractivity contribution in [3.8, 4) is 0 Å². The maximum absolute atomic E-state index is 13.0. The van der Waals surface area contributed by atoms with Crippen LogP contribution in [0, 0.1) is 22.0 Å². The van der Waals surface area contributed by atoms with Crippen LogP contribution in [0.3, 0.4) is 0 Å². The Labute approximate surface area is 205 Å². The van der Waals surface area contributed by atoms with E-state index in [2.05, 4.69) is 38.7 Å². The van der Waals surface area contributed by atoms with Crippen molar-refractivity contribution < 1.29 is 14.8 Å². The second-order valence-corrected chi connectivity index (χ2v) is 12.9. The van der Waals surface area contributed by atoms with Gasteiger partial charge in [-0.05, 0) is 89.2 Å². The normalized spacial score (nSPS) is 34.6. The highest BCUT2D eigenvalue weighted by molar-refractivity contribution is 7.98. The standard InChI is InChI=1S/C29H39NO3S/c1-20(15-17-34(30,33)25-9-5-4-6-10-25)26-13-14-27-22(8-7-16-29(26,27)3)11-12-23-18-24(31)19-28(32)21(23)2/h4-6,9-13,20,24,27-28,31-32H,2,7-8,14-19H2,1,3H3,(H-,30,33)/b22-11+,23-12-/t20-,24-,27?,28+,29-,34?/m1/s1. The number of nitrogens with one attached hydrogen (secondary N) is 1. The first kappa shape index (κ1) is 25.3. The predicted molar refractivity (Wildman–Crippen MR) is 139 cm³/mol. The van der Waals surface area contributed by atoms with Gasteiger partial charge in [-0.1, -0.05) is 68.0 Å². The third-order valence-corrected chi connectivity index (χ3v) is 10.2. The minimum atomic E-state index is -2.78. The molecule has 0 aromatic heterocycles. The molecule has 0 spiro atoms. The first-order chi connectivity index (χ1) is 16.1. The minimum absolute atomic E-state index is 0.0975. The number of rotatable bonds is 6. The Morgan fingerprint density at radius 2 is 2.00 bits per heavy atom. The lowest BCUT2D eigenvalue weighted by Crippen LogP contribution is -2.33. The number of benzene rings is 1. The summed E-state index contributed by atoms with van der Waals surface area (Å²) in [6.45, 7) is 8.66. The van der Waals surface area contributed by atoms with E-state index in [4.69, 9.17) is 4.78 Å². The molecule has 1 aromatic carbocycles. The van der Waals surface area contributed by atoms with E-state index in [1.165, 1.54) is 11.1 Å². The fourth-order valence-corrected chi connectivity index (χ4v) is 7.86. The molecule has 0 bridgehead atoms. The van der Waals surface area contributed by atoms with Crippen molar-refractivity contribution >= 4 is 10.1 Å². The molecule has 4 rings (SSSR count). The van der Waals surface area contributed by atoms with Crippen molar-refractivity contribution in [3.63, 3.8) is 0 Å². The van der Waals surface area contributed by atoms with Crippen molar-refractivity contribution in [2.75, 3.05) is 5.75 Å². The second kappa shape index (κ2) is 10.1. The van der Waals surface area contributed by atoms with Crippen LogP contribution in [0.25, 0.3) is 0 Å². The van der Waals surface area contributed by atoms with Crippen LogP contribution in [0.1, 0.15) is 58.8 Å². The summed E-state index contributed by atoms with van der Waals surface area (Å²) in [5.41, 5.74) is 4.69. The summed E-state index contributed by atoms with van der Waals surface area (Å²) in [4.78, 5) is 0.627. The highest BCUT2D eigenvalue weighted by Crippen LogP contribution is 2.57. The Kier molecular flexibility index (Phi) is 7.49. The van der Waals surface area contributed by atoms with Gasteiger partial charge in [-0.25, -0.2) is 0 Å². The van der Waals surface area contributed by atoms with Gasteiger partial charge in [0.05, 0.1) is 18.0 Å². The number of hydrogen-bond acceptors (Lipinski definition) is 4. The molecule has 5 heteroatoms. The molecule has 34 heavy (non-hydrogen) atoms. The fraction of sp³-hybridized carbons (Fsp3) is 0.517. The number of hydrogen-bond donors (Lipinski definition) is 3. The Hall–Kier alpha value is -1.79. The minimum Gasteiger partial charge on any atom is -0.627 e. The molecule has 6 atom stereocenters. The summed E-state index contributed by atoms with van der Waals surface area (Å²) in [6, 6.07) is 9.21. The van der Waals surface area contributed by atoms with Crippen molar-refractivity contribution in [2.24, 2.45) is 17.3 Å². The molecule has 2 saturated carbocycles. The highest BCUT2D eigenvalue weighted by Gasteiger charge is 2.46. The number of aliphatic hydroxyl groups is 2. The van der Waals surface area contributed by atoms with E-state index in [9.17, 15) is 14.8 Å². The summed E-state index contributed by atoms with van der Waals surface area (Å²) in [6.07, 6.45) is 11.6. The Balaban J connectivity index is 1.46. The van der Waals surface area contributed by atoms with E-state index in [0.717, 1.165) is 43.3 Å². The molecule has 184 valence electrons. The highest BCUT2D eigenvalue weighted by atomic mass is 32.3. The third-order valence-electron chi connectivity index (χ3n) is 8.37. The molecule has 4 nitrogen and oxygen atoms in total. The number of fused-ring (bicyclic) bond motifs is 1. The Bertz CT molecular complexity index is 1060. The van der Waals surface area contributed by atoms with Crippen molar-refractivity contribution in [3.05, 3.63) is 77.4 Å². The lowest BCUT2D eigenvalue weighted by atomic mass is 9.62. The lowest BCUT2D eigenvalue weighted by Gasteiger charge is -2.42. The molecule has 0 aliphatic heterocycles. The topological polar surface area (TPSA) is 87.4 Å². The Morgan fingerprint density at radius 3 is 2.74 bits per heavy atom. The maximum Gasteiger partial charge on any atom is 0.136 e. The van der Waals surface area contributed by atoms with Gasteiger partial charge in [-0.2, -0.15) is 4.78 Å². The van der Waals surface area contributed by atoms with Crippen LogP contribution in [-0.4, -0.2) is 32.7 Å². The van der Waals surface area contributed by atoms with Crippen LogP contribution in [0.5, 0.6) is 0 Å². The van der Waals surface area contributed by atoms with Crippen molar-refractivity contribution in [1.29, 1.82) is 4.78 Å². The van der Waals surface area contributed by atoms with Gasteiger partial charge < -0.3 is 14.8 Å². The lowest BCUT2D eigenvalue weighted by molar-refractivity contribution is 0.0862. The van der Waals surface area contributed by atoms with E-state index in [1.54, 1.807) is 12.1 Å². The zero-order chi connectivity index (χ0) is 24.5. The fourth-order valence-electron chi connectivity index (χ4n) is 6.34.